The highest BCUT2D eigenvalue weighted by molar-refractivity contribution is 5.44. The fraction of sp³-hybridized carbons (Fsp3) is 0.118. The van der Waals surface area contributed by atoms with Gasteiger partial charge in [0.15, 0.2) is 0 Å². The van der Waals surface area contributed by atoms with Crippen molar-refractivity contribution in [3.8, 4) is 0 Å². The van der Waals surface area contributed by atoms with Crippen LogP contribution in [-0.2, 0) is 6.42 Å². The van der Waals surface area contributed by atoms with Gasteiger partial charge in [-0.2, -0.15) is 0 Å². The van der Waals surface area contributed by atoms with Crippen molar-refractivity contribution in [2.45, 2.75) is 13.3 Å². The monoisotopic (exact) mass is 222 g/mol. The molecule has 0 atom stereocenters. The van der Waals surface area contributed by atoms with Gasteiger partial charge in [0.2, 0.25) is 0 Å². The summed E-state index contributed by atoms with van der Waals surface area (Å²) >= 11 is 0. The van der Waals surface area contributed by atoms with Crippen molar-refractivity contribution in [1.82, 2.24) is 0 Å². The molecule has 0 saturated heterocycles. The first kappa shape index (κ1) is 13.2. The standard InChI is InChI=1S/C9H11.C8H7/c1-2-6-9-7-4-3-5-8-9;1-2-8-6-4-3-5-7-8/h2-5,7-8H,6H2,1H3;1-7H. The number of benzene rings is 2. The number of rotatable bonds is 3. The highest BCUT2D eigenvalue weighted by Crippen LogP contribution is 2.00. The maximum absolute atomic E-state index is 5.22. The molecule has 0 amide bonds. The lowest BCUT2D eigenvalue weighted by molar-refractivity contribution is 1.14. The Balaban J connectivity index is 0.000000171. The zero-order valence-corrected chi connectivity index (χ0v) is 10.2. The van der Waals surface area contributed by atoms with Gasteiger partial charge in [0.1, 0.15) is 0 Å². The van der Waals surface area contributed by atoms with Gasteiger partial charge >= 0.3 is 0 Å². The molecule has 2 radical (unpaired) electrons. The third-order valence-corrected chi connectivity index (χ3v) is 2.27. The van der Waals surface area contributed by atoms with E-state index in [2.05, 4.69) is 37.6 Å². The van der Waals surface area contributed by atoms with Gasteiger partial charge in [0.05, 0.1) is 0 Å². The van der Waals surface area contributed by atoms with Gasteiger partial charge in [-0.05, 0) is 24.0 Å². The van der Waals surface area contributed by atoms with Crippen molar-refractivity contribution in [3.05, 3.63) is 84.8 Å². The summed E-state index contributed by atoms with van der Waals surface area (Å²) in [4.78, 5) is 0. The van der Waals surface area contributed by atoms with E-state index in [0.717, 1.165) is 12.0 Å². The van der Waals surface area contributed by atoms with Gasteiger partial charge in [0.25, 0.3) is 0 Å². The quantitative estimate of drug-likeness (QED) is 0.712. The molecule has 0 saturated carbocycles. The Morgan fingerprint density at radius 1 is 0.882 bits per heavy atom. The average molecular weight is 222 g/mol. The molecule has 86 valence electrons. The van der Waals surface area contributed by atoms with Crippen LogP contribution < -0.4 is 0 Å². The van der Waals surface area contributed by atoms with Crippen LogP contribution in [0.25, 0.3) is 6.08 Å². The molecule has 0 unspecified atom stereocenters. The summed E-state index contributed by atoms with van der Waals surface area (Å²) < 4.78 is 0. The molecule has 17 heavy (non-hydrogen) atoms. The Morgan fingerprint density at radius 3 is 1.82 bits per heavy atom. The Morgan fingerprint density at radius 2 is 1.41 bits per heavy atom. The van der Waals surface area contributed by atoms with E-state index in [1.165, 1.54) is 5.56 Å². The second-order valence-corrected chi connectivity index (χ2v) is 3.68. The second kappa shape index (κ2) is 8.35. The largest absolute Gasteiger partial charge is 0.0622 e. The molecule has 0 aliphatic rings. The Kier molecular flexibility index (Phi) is 6.50. The molecular formula is C17H18. The smallest absolute Gasteiger partial charge is 0.0250 e. The summed E-state index contributed by atoms with van der Waals surface area (Å²) in [6.07, 6.45) is 4.83. The molecule has 2 aromatic carbocycles. The van der Waals surface area contributed by atoms with E-state index >= 15 is 0 Å². The highest BCUT2D eigenvalue weighted by Gasteiger charge is 1.84. The normalized spacial score (nSPS) is 9.00. The summed E-state index contributed by atoms with van der Waals surface area (Å²) in [7, 11) is 0. The van der Waals surface area contributed by atoms with Crippen molar-refractivity contribution in [2.75, 3.05) is 0 Å². The topological polar surface area (TPSA) is 0 Å². The second-order valence-electron chi connectivity index (χ2n) is 3.68. The highest BCUT2D eigenvalue weighted by atomic mass is 13.9. The molecule has 0 fully saturated rings. The van der Waals surface area contributed by atoms with Crippen LogP contribution in [0.5, 0.6) is 0 Å². The third-order valence-electron chi connectivity index (χ3n) is 2.27. The van der Waals surface area contributed by atoms with Crippen molar-refractivity contribution >= 4 is 6.08 Å². The minimum atomic E-state index is 1.06. The average Bonchev–Trinajstić information content (AvgIpc) is 2.42. The first-order valence-electron chi connectivity index (χ1n) is 5.78. The Labute approximate surface area is 105 Å². The van der Waals surface area contributed by atoms with E-state index < -0.39 is 0 Å². The van der Waals surface area contributed by atoms with Gasteiger partial charge in [-0.3, -0.25) is 0 Å². The first-order chi connectivity index (χ1) is 8.36. The van der Waals surface area contributed by atoms with Gasteiger partial charge in [-0.15, -0.1) is 0 Å². The SMILES string of the molecule is C[CH]Cc1ccccc1.[CH]=Cc1ccccc1. The fourth-order valence-corrected chi connectivity index (χ4v) is 1.41. The van der Waals surface area contributed by atoms with E-state index in [1.807, 2.05) is 36.4 Å². The molecule has 0 nitrogen and oxygen atoms in total. The lowest BCUT2D eigenvalue weighted by Gasteiger charge is -1.93. The minimum absolute atomic E-state index is 1.06. The van der Waals surface area contributed by atoms with E-state index in [9.17, 15) is 0 Å². The molecule has 0 N–H and O–H groups in total. The van der Waals surface area contributed by atoms with Crippen molar-refractivity contribution in [1.29, 1.82) is 0 Å². The van der Waals surface area contributed by atoms with Crippen molar-refractivity contribution in [3.63, 3.8) is 0 Å². The molecule has 0 aliphatic heterocycles. The maximum atomic E-state index is 5.22. The van der Waals surface area contributed by atoms with Crippen LogP contribution in [-0.4, -0.2) is 0 Å². The zero-order valence-electron chi connectivity index (χ0n) is 10.2. The van der Waals surface area contributed by atoms with Crippen LogP contribution in [0.15, 0.2) is 60.7 Å². The van der Waals surface area contributed by atoms with Crippen LogP contribution in [0, 0.1) is 13.0 Å². The Hall–Kier alpha value is -1.82. The zero-order chi connectivity index (χ0) is 12.3. The van der Waals surface area contributed by atoms with Crippen LogP contribution in [0.1, 0.15) is 18.1 Å². The van der Waals surface area contributed by atoms with Gasteiger partial charge < -0.3 is 0 Å². The summed E-state index contributed by atoms with van der Waals surface area (Å²) in [6.45, 7) is 7.30. The fourth-order valence-electron chi connectivity index (χ4n) is 1.41. The van der Waals surface area contributed by atoms with Crippen molar-refractivity contribution < 1.29 is 0 Å². The van der Waals surface area contributed by atoms with Gasteiger partial charge in [-0.25, -0.2) is 0 Å². The number of hydrogen-bond donors (Lipinski definition) is 0. The summed E-state index contributed by atoms with van der Waals surface area (Å²) in [5.41, 5.74) is 2.45. The van der Waals surface area contributed by atoms with Crippen LogP contribution >= 0.6 is 0 Å². The molecule has 0 aromatic heterocycles. The molecule has 2 aromatic rings. The van der Waals surface area contributed by atoms with E-state index in [0.29, 0.717) is 0 Å². The van der Waals surface area contributed by atoms with Crippen molar-refractivity contribution in [2.24, 2.45) is 0 Å². The predicted octanol–water partition coefficient (Wildman–Crippen LogP) is 4.59. The summed E-state index contributed by atoms with van der Waals surface area (Å²) in [5.74, 6) is 0. The first-order valence-corrected chi connectivity index (χ1v) is 5.78. The lowest BCUT2D eigenvalue weighted by atomic mass is 10.1. The lowest BCUT2D eigenvalue weighted by Crippen LogP contribution is -1.79. The van der Waals surface area contributed by atoms with Gasteiger partial charge in [-0.1, -0.05) is 80.2 Å². The third kappa shape index (κ3) is 5.72. The van der Waals surface area contributed by atoms with Crippen LogP contribution in [0.4, 0.5) is 0 Å². The molecule has 0 heteroatoms. The molecule has 0 heterocycles. The van der Waals surface area contributed by atoms with E-state index in [4.69, 9.17) is 6.58 Å². The summed E-state index contributed by atoms with van der Waals surface area (Å²) in [6, 6.07) is 20.3. The molecular weight excluding hydrogens is 204 g/mol. The molecule has 0 spiro atoms. The minimum Gasteiger partial charge on any atom is -0.0622 e. The molecule has 0 bridgehead atoms. The van der Waals surface area contributed by atoms with Crippen LogP contribution in [0.3, 0.4) is 0 Å². The molecule has 2 rings (SSSR count). The van der Waals surface area contributed by atoms with Gasteiger partial charge in [0, 0.05) is 0 Å². The maximum Gasteiger partial charge on any atom is -0.0250 e. The predicted molar refractivity (Wildman–Crippen MR) is 75.3 cm³/mol. The van der Waals surface area contributed by atoms with E-state index in [1.54, 1.807) is 6.08 Å². The van der Waals surface area contributed by atoms with E-state index in [-0.39, 0.29) is 0 Å². The Bertz CT molecular complexity index is 401. The molecule has 0 aliphatic carbocycles. The van der Waals surface area contributed by atoms with Crippen LogP contribution in [0.2, 0.25) is 0 Å². The summed E-state index contributed by atoms with van der Waals surface area (Å²) in [5, 5.41) is 0. The number of hydrogen-bond acceptors (Lipinski definition) is 0.